The summed E-state index contributed by atoms with van der Waals surface area (Å²) in [4.78, 5) is 14.7. The van der Waals surface area contributed by atoms with E-state index in [4.69, 9.17) is 28.9 Å². The maximum Gasteiger partial charge on any atom is 0.255 e. The zero-order valence-electron chi connectivity index (χ0n) is 14.1. The quantitative estimate of drug-likeness (QED) is 0.721. The smallest absolute Gasteiger partial charge is 0.255 e. The van der Waals surface area contributed by atoms with Crippen LogP contribution in [0.4, 0.5) is 17.1 Å². The van der Waals surface area contributed by atoms with Gasteiger partial charge in [0.05, 0.1) is 22.1 Å². The van der Waals surface area contributed by atoms with Gasteiger partial charge >= 0.3 is 0 Å². The van der Waals surface area contributed by atoms with Crippen molar-refractivity contribution in [1.82, 2.24) is 0 Å². The van der Waals surface area contributed by atoms with Gasteiger partial charge in [-0.1, -0.05) is 23.2 Å². The Bertz CT molecular complexity index is 777. The molecule has 1 atom stereocenters. The maximum atomic E-state index is 12.5. The molecule has 1 saturated heterocycles. The summed E-state index contributed by atoms with van der Waals surface area (Å²) in [5, 5.41) is 3.88. The van der Waals surface area contributed by atoms with E-state index in [1.54, 1.807) is 30.3 Å². The number of halogens is 2. The van der Waals surface area contributed by atoms with E-state index >= 15 is 0 Å². The van der Waals surface area contributed by atoms with Crippen molar-refractivity contribution in [2.75, 3.05) is 22.5 Å². The summed E-state index contributed by atoms with van der Waals surface area (Å²) in [6.45, 7) is 3.15. The molecule has 2 aromatic rings. The number of amides is 1. The van der Waals surface area contributed by atoms with E-state index in [2.05, 4.69) is 17.1 Å². The summed E-state index contributed by atoms with van der Waals surface area (Å²) in [5.74, 6) is -0.235. The van der Waals surface area contributed by atoms with E-state index in [1.807, 2.05) is 6.07 Å². The van der Waals surface area contributed by atoms with Gasteiger partial charge in [0.15, 0.2) is 0 Å². The van der Waals surface area contributed by atoms with Crippen LogP contribution >= 0.6 is 23.2 Å². The van der Waals surface area contributed by atoms with Crippen LogP contribution in [0, 0.1) is 0 Å². The number of carbonyl (C=O) groups excluding carboxylic acids is 1. The Hall–Kier alpha value is -1.91. The normalized spacial score (nSPS) is 17.4. The molecule has 1 fully saturated rings. The van der Waals surface area contributed by atoms with Gasteiger partial charge in [0.1, 0.15) is 0 Å². The molecule has 0 radical (unpaired) electrons. The summed E-state index contributed by atoms with van der Waals surface area (Å²) in [7, 11) is 0. The Balaban J connectivity index is 1.87. The summed E-state index contributed by atoms with van der Waals surface area (Å²) in [6.07, 6.45) is 3.50. The van der Waals surface area contributed by atoms with Gasteiger partial charge in [0.25, 0.3) is 5.91 Å². The number of nitrogen functional groups attached to an aromatic ring is 1. The molecule has 3 rings (SSSR count). The number of nitrogens with zero attached hydrogens (tertiary/aromatic N) is 1. The minimum atomic E-state index is -0.235. The Morgan fingerprint density at radius 1 is 1.20 bits per heavy atom. The van der Waals surface area contributed by atoms with Crippen molar-refractivity contribution in [2.24, 2.45) is 0 Å². The molecule has 2 aromatic carbocycles. The average molecular weight is 378 g/mol. The molecule has 0 saturated carbocycles. The molecule has 1 heterocycles. The molecule has 1 aliphatic rings. The molecule has 1 aliphatic heterocycles. The van der Waals surface area contributed by atoms with Gasteiger partial charge in [-0.25, -0.2) is 0 Å². The molecule has 0 aliphatic carbocycles. The molecule has 4 nitrogen and oxygen atoms in total. The van der Waals surface area contributed by atoms with Gasteiger partial charge in [-0.2, -0.15) is 0 Å². The molecule has 0 unspecified atom stereocenters. The van der Waals surface area contributed by atoms with Crippen LogP contribution in [0.15, 0.2) is 36.4 Å². The van der Waals surface area contributed by atoms with Crippen molar-refractivity contribution >= 4 is 46.2 Å². The predicted molar refractivity (Wildman–Crippen MR) is 106 cm³/mol. The predicted octanol–water partition coefficient (Wildman–Crippen LogP) is 5.21. The minimum Gasteiger partial charge on any atom is -0.397 e. The first-order valence-electron chi connectivity index (χ1n) is 8.38. The molecule has 0 aromatic heterocycles. The second kappa shape index (κ2) is 7.54. The van der Waals surface area contributed by atoms with Crippen LogP contribution in [0.3, 0.4) is 0 Å². The van der Waals surface area contributed by atoms with Crippen LogP contribution in [0.25, 0.3) is 0 Å². The number of rotatable bonds is 3. The van der Waals surface area contributed by atoms with Crippen molar-refractivity contribution in [2.45, 2.75) is 32.2 Å². The lowest BCUT2D eigenvalue weighted by Gasteiger charge is -2.36. The van der Waals surface area contributed by atoms with Crippen LogP contribution in [-0.2, 0) is 0 Å². The Morgan fingerprint density at radius 2 is 1.92 bits per heavy atom. The minimum absolute atomic E-state index is 0.235. The topological polar surface area (TPSA) is 58.4 Å². The van der Waals surface area contributed by atoms with Crippen molar-refractivity contribution < 1.29 is 4.79 Å². The van der Waals surface area contributed by atoms with E-state index in [1.165, 1.54) is 6.42 Å². The molecule has 3 N–H and O–H groups in total. The highest BCUT2D eigenvalue weighted by Crippen LogP contribution is 2.36. The number of benzene rings is 2. The van der Waals surface area contributed by atoms with E-state index in [9.17, 15) is 4.79 Å². The third kappa shape index (κ3) is 4.02. The Kier molecular flexibility index (Phi) is 5.40. The molecule has 1 amide bonds. The third-order valence-electron chi connectivity index (χ3n) is 4.58. The van der Waals surface area contributed by atoms with Gasteiger partial charge < -0.3 is 16.0 Å². The van der Waals surface area contributed by atoms with E-state index in [-0.39, 0.29) is 5.91 Å². The molecular formula is C19H21Cl2N3O. The highest BCUT2D eigenvalue weighted by atomic mass is 35.5. The van der Waals surface area contributed by atoms with Crippen molar-refractivity contribution in [3.05, 3.63) is 52.0 Å². The lowest BCUT2D eigenvalue weighted by molar-refractivity contribution is 0.102. The van der Waals surface area contributed by atoms with Gasteiger partial charge in [-0.05, 0) is 62.6 Å². The summed E-state index contributed by atoms with van der Waals surface area (Å²) in [5.41, 5.74) is 8.81. The fourth-order valence-corrected chi connectivity index (χ4v) is 3.52. The Labute approximate surface area is 157 Å². The lowest BCUT2D eigenvalue weighted by Crippen LogP contribution is -2.37. The fourth-order valence-electron chi connectivity index (χ4n) is 3.17. The zero-order valence-corrected chi connectivity index (χ0v) is 15.6. The molecular weight excluding hydrogens is 357 g/mol. The van der Waals surface area contributed by atoms with Crippen LogP contribution in [0.1, 0.15) is 36.5 Å². The maximum absolute atomic E-state index is 12.5. The SMILES string of the molecule is C[C@@H]1CCCCN1c1cc(NC(=O)c2ccc(Cl)cc2)c(Cl)cc1N. The van der Waals surface area contributed by atoms with Crippen LogP contribution in [-0.4, -0.2) is 18.5 Å². The van der Waals surface area contributed by atoms with Gasteiger partial charge in [-0.15, -0.1) is 0 Å². The number of nitrogens with two attached hydrogens (primary N) is 1. The first-order valence-corrected chi connectivity index (χ1v) is 9.14. The van der Waals surface area contributed by atoms with Crippen molar-refractivity contribution in [1.29, 1.82) is 0 Å². The molecule has 25 heavy (non-hydrogen) atoms. The Morgan fingerprint density at radius 3 is 2.60 bits per heavy atom. The van der Waals surface area contributed by atoms with Gasteiger partial charge in [-0.3, -0.25) is 4.79 Å². The summed E-state index contributed by atoms with van der Waals surface area (Å²) < 4.78 is 0. The van der Waals surface area contributed by atoms with E-state index < -0.39 is 0 Å². The van der Waals surface area contributed by atoms with Crippen molar-refractivity contribution in [3.8, 4) is 0 Å². The summed E-state index contributed by atoms with van der Waals surface area (Å²) in [6, 6.07) is 10.7. The number of nitrogens with one attached hydrogen (secondary N) is 1. The third-order valence-corrected chi connectivity index (χ3v) is 5.15. The standard InChI is InChI=1S/C19H21Cl2N3O/c1-12-4-2-3-9-24(12)18-11-17(15(21)10-16(18)22)23-19(25)13-5-7-14(20)8-6-13/h5-8,10-12H,2-4,9,22H2,1H3,(H,23,25)/t12-/m1/s1. The average Bonchev–Trinajstić information content (AvgIpc) is 2.58. The van der Waals surface area contributed by atoms with Crippen molar-refractivity contribution in [3.63, 3.8) is 0 Å². The molecule has 0 spiro atoms. The van der Waals surface area contributed by atoms with Crippen LogP contribution < -0.4 is 16.0 Å². The number of hydrogen-bond donors (Lipinski definition) is 2. The number of anilines is 3. The number of hydrogen-bond acceptors (Lipinski definition) is 3. The van der Waals surface area contributed by atoms with E-state index in [0.717, 1.165) is 25.1 Å². The van der Waals surface area contributed by atoms with E-state index in [0.29, 0.717) is 33.0 Å². The van der Waals surface area contributed by atoms with Crippen LogP contribution in [0.2, 0.25) is 10.0 Å². The number of carbonyl (C=O) groups is 1. The summed E-state index contributed by atoms with van der Waals surface area (Å²) >= 11 is 12.2. The second-order valence-corrected chi connectivity index (χ2v) is 7.23. The first-order chi connectivity index (χ1) is 12.0. The van der Waals surface area contributed by atoms with Crippen LogP contribution in [0.5, 0.6) is 0 Å². The van der Waals surface area contributed by atoms with Gasteiger partial charge in [0, 0.05) is 23.2 Å². The largest absolute Gasteiger partial charge is 0.397 e. The fraction of sp³-hybridized carbons (Fsp3) is 0.316. The van der Waals surface area contributed by atoms with Gasteiger partial charge in [0.2, 0.25) is 0 Å². The molecule has 6 heteroatoms. The zero-order chi connectivity index (χ0) is 18.0. The molecule has 132 valence electrons. The molecule has 0 bridgehead atoms. The first kappa shape index (κ1) is 17.9. The highest BCUT2D eigenvalue weighted by Gasteiger charge is 2.22. The monoisotopic (exact) mass is 377 g/mol. The lowest BCUT2D eigenvalue weighted by atomic mass is 10.0. The highest BCUT2D eigenvalue weighted by molar-refractivity contribution is 6.34. The second-order valence-electron chi connectivity index (χ2n) is 6.39. The number of piperidine rings is 1.